The van der Waals surface area contributed by atoms with E-state index in [0.29, 0.717) is 0 Å². The molecule has 1 heteroatoms. The Hall–Kier alpha value is -1.50. The maximum absolute atomic E-state index is 2.27. The third kappa shape index (κ3) is 3.73. The molecule has 0 bridgehead atoms. The highest BCUT2D eigenvalue weighted by Crippen LogP contribution is 2.12. The van der Waals surface area contributed by atoms with Crippen molar-refractivity contribution in [2.24, 2.45) is 0 Å². The number of aryl methyl sites for hydroxylation is 4. The van der Waals surface area contributed by atoms with E-state index < -0.39 is 0 Å². The lowest BCUT2D eigenvalue weighted by Crippen LogP contribution is -2.13. The van der Waals surface area contributed by atoms with Crippen LogP contribution in [0, 0.1) is 13.8 Å². The van der Waals surface area contributed by atoms with Crippen molar-refractivity contribution in [3.05, 3.63) is 64.7 Å². The molecule has 0 N–H and O–H groups in total. The van der Waals surface area contributed by atoms with Gasteiger partial charge in [0.1, 0.15) is 7.85 Å². The first-order valence-electron chi connectivity index (χ1n) is 7.28. The summed E-state index contributed by atoms with van der Waals surface area (Å²) in [5.74, 6) is 0. The van der Waals surface area contributed by atoms with Crippen molar-refractivity contribution >= 4 is 13.3 Å². The van der Waals surface area contributed by atoms with Crippen LogP contribution in [0.15, 0.2) is 42.5 Å². The molecule has 0 atom stereocenters. The third-order valence-electron chi connectivity index (χ3n) is 4.12. The molecule has 0 aliphatic heterocycles. The Kier molecular flexibility index (Phi) is 4.84. The lowest BCUT2D eigenvalue weighted by Gasteiger charge is -2.09. The minimum absolute atomic E-state index is 1.21. The Labute approximate surface area is 118 Å². The van der Waals surface area contributed by atoms with Crippen LogP contribution in [0.2, 0.25) is 0 Å². The standard InChI is InChI=1S/C18H23B/c1-14-8-3-4-10-16(14)11-5-6-12-17-13-7-9-15(2)18(17)19/h3-4,7-10,13H,5-6,11-12,19H2,1-2H3. The molecule has 0 aromatic heterocycles. The van der Waals surface area contributed by atoms with Crippen molar-refractivity contribution in [2.75, 3.05) is 0 Å². The van der Waals surface area contributed by atoms with E-state index in [2.05, 4.69) is 64.2 Å². The highest BCUT2D eigenvalue weighted by atomic mass is 14.1. The van der Waals surface area contributed by atoms with Crippen molar-refractivity contribution in [1.29, 1.82) is 0 Å². The summed E-state index contributed by atoms with van der Waals surface area (Å²) in [6, 6.07) is 15.4. The van der Waals surface area contributed by atoms with E-state index in [9.17, 15) is 0 Å². The van der Waals surface area contributed by atoms with Gasteiger partial charge in [0.15, 0.2) is 0 Å². The predicted octanol–water partition coefficient (Wildman–Crippen LogP) is 3.13. The fourth-order valence-corrected chi connectivity index (χ4v) is 2.60. The van der Waals surface area contributed by atoms with Crippen molar-refractivity contribution in [2.45, 2.75) is 39.5 Å². The summed E-state index contributed by atoms with van der Waals surface area (Å²) in [6.45, 7) is 4.41. The van der Waals surface area contributed by atoms with Gasteiger partial charge in [-0.3, -0.25) is 0 Å². The van der Waals surface area contributed by atoms with Crippen LogP contribution in [0.5, 0.6) is 0 Å². The molecule has 0 saturated heterocycles. The number of hydrogen-bond acceptors (Lipinski definition) is 0. The van der Waals surface area contributed by atoms with Crippen LogP contribution in [0.25, 0.3) is 0 Å². The molecular weight excluding hydrogens is 227 g/mol. The molecule has 2 rings (SSSR count). The van der Waals surface area contributed by atoms with Crippen LogP contribution >= 0.6 is 0 Å². The fourth-order valence-electron chi connectivity index (χ4n) is 2.60. The van der Waals surface area contributed by atoms with E-state index in [4.69, 9.17) is 0 Å². The Bertz CT molecular complexity index is 543. The quantitative estimate of drug-likeness (QED) is 0.565. The minimum atomic E-state index is 1.21. The highest BCUT2D eigenvalue weighted by Gasteiger charge is 2.01. The molecule has 0 unspecified atom stereocenters. The summed E-state index contributed by atoms with van der Waals surface area (Å²) in [7, 11) is 2.24. The summed E-state index contributed by atoms with van der Waals surface area (Å²) >= 11 is 0. The number of benzene rings is 2. The molecule has 0 nitrogen and oxygen atoms in total. The smallest absolute Gasteiger partial charge is 0.0830 e. The molecule has 98 valence electrons. The van der Waals surface area contributed by atoms with Gasteiger partial charge in [0, 0.05) is 0 Å². The molecule has 0 heterocycles. The molecule has 2 aromatic rings. The van der Waals surface area contributed by atoms with Crippen LogP contribution in [-0.2, 0) is 12.8 Å². The second-order valence-corrected chi connectivity index (χ2v) is 5.49. The zero-order valence-corrected chi connectivity index (χ0v) is 12.4. The average Bonchev–Trinajstić information content (AvgIpc) is 2.41. The van der Waals surface area contributed by atoms with Crippen LogP contribution in [0.3, 0.4) is 0 Å². The maximum Gasteiger partial charge on any atom is 0.139 e. The van der Waals surface area contributed by atoms with Crippen LogP contribution in [0.1, 0.15) is 35.1 Å². The van der Waals surface area contributed by atoms with Gasteiger partial charge in [-0.1, -0.05) is 59.1 Å². The van der Waals surface area contributed by atoms with Gasteiger partial charge in [0.05, 0.1) is 0 Å². The summed E-state index contributed by atoms with van der Waals surface area (Å²) in [6.07, 6.45) is 4.97. The molecule has 0 aliphatic carbocycles. The summed E-state index contributed by atoms with van der Waals surface area (Å²) < 4.78 is 0. The van der Waals surface area contributed by atoms with E-state index >= 15 is 0 Å². The van der Waals surface area contributed by atoms with Crippen molar-refractivity contribution < 1.29 is 0 Å². The van der Waals surface area contributed by atoms with E-state index in [1.807, 2.05) is 0 Å². The summed E-state index contributed by atoms with van der Waals surface area (Å²) in [4.78, 5) is 0. The monoisotopic (exact) mass is 250 g/mol. The topological polar surface area (TPSA) is 0 Å². The van der Waals surface area contributed by atoms with Gasteiger partial charge in [-0.25, -0.2) is 0 Å². The lowest BCUT2D eigenvalue weighted by atomic mass is 9.84. The fraction of sp³-hybridized carbons (Fsp3) is 0.333. The molecule has 0 saturated carbocycles. The van der Waals surface area contributed by atoms with Gasteiger partial charge in [0.2, 0.25) is 0 Å². The van der Waals surface area contributed by atoms with E-state index in [1.165, 1.54) is 53.4 Å². The van der Waals surface area contributed by atoms with Gasteiger partial charge in [-0.05, 0) is 50.7 Å². The van der Waals surface area contributed by atoms with E-state index in [0.717, 1.165) is 0 Å². The summed E-state index contributed by atoms with van der Waals surface area (Å²) in [5, 5.41) is 0. The second kappa shape index (κ2) is 6.61. The predicted molar refractivity (Wildman–Crippen MR) is 87.2 cm³/mol. The number of unbranched alkanes of at least 4 members (excludes halogenated alkanes) is 1. The van der Waals surface area contributed by atoms with E-state index in [-0.39, 0.29) is 0 Å². The Balaban J connectivity index is 1.84. The molecule has 0 aliphatic rings. The normalized spacial score (nSPS) is 10.6. The Morgan fingerprint density at radius 2 is 1.32 bits per heavy atom. The lowest BCUT2D eigenvalue weighted by molar-refractivity contribution is 0.733. The Morgan fingerprint density at radius 3 is 2.05 bits per heavy atom. The maximum atomic E-state index is 2.27. The molecule has 0 spiro atoms. The molecule has 0 radical (unpaired) electrons. The largest absolute Gasteiger partial charge is 0.139 e. The average molecular weight is 250 g/mol. The van der Waals surface area contributed by atoms with Gasteiger partial charge < -0.3 is 0 Å². The van der Waals surface area contributed by atoms with Gasteiger partial charge in [-0.15, -0.1) is 0 Å². The molecule has 2 aromatic carbocycles. The highest BCUT2D eigenvalue weighted by molar-refractivity contribution is 6.34. The van der Waals surface area contributed by atoms with Crippen LogP contribution < -0.4 is 5.46 Å². The van der Waals surface area contributed by atoms with Gasteiger partial charge in [0.25, 0.3) is 0 Å². The van der Waals surface area contributed by atoms with Crippen LogP contribution in [0.4, 0.5) is 0 Å². The third-order valence-corrected chi connectivity index (χ3v) is 4.12. The van der Waals surface area contributed by atoms with Crippen molar-refractivity contribution in [3.8, 4) is 0 Å². The first kappa shape index (κ1) is 13.9. The van der Waals surface area contributed by atoms with Crippen LogP contribution in [-0.4, -0.2) is 7.85 Å². The molecule has 19 heavy (non-hydrogen) atoms. The first-order chi connectivity index (χ1) is 9.18. The summed E-state index contributed by atoms with van der Waals surface area (Å²) in [5.41, 5.74) is 7.33. The number of rotatable bonds is 5. The molecule has 0 fully saturated rings. The second-order valence-electron chi connectivity index (χ2n) is 5.49. The number of hydrogen-bond donors (Lipinski definition) is 0. The zero-order valence-electron chi connectivity index (χ0n) is 12.4. The van der Waals surface area contributed by atoms with Crippen molar-refractivity contribution in [3.63, 3.8) is 0 Å². The van der Waals surface area contributed by atoms with Gasteiger partial charge in [-0.2, -0.15) is 0 Å². The van der Waals surface area contributed by atoms with Gasteiger partial charge >= 0.3 is 0 Å². The minimum Gasteiger partial charge on any atom is -0.0830 e. The SMILES string of the molecule is Bc1c(C)cccc1CCCCc1ccccc1C. The first-order valence-corrected chi connectivity index (χ1v) is 7.28. The molecular formula is C18H23B. The van der Waals surface area contributed by atoms with E-state index in [1.54, 1.807) is 0 Å². The van der Waals surface area contributed by atoms with Crippen molar-refractivity contribution in [1.82, 2.24) is 0 Å². The molecule has 0 amide bonds. The zero-order chi connectivity index (χ0) is 13.7. The Morgan fingerprint density at radius 1 is 0.737 bits per heavy atom.